The second-order valence-corrected chi connectivity index (χ2v) is 6.70. The first-order valence-corrected chi connectivity index (χ1v) is 8.52. The highest BCUT2D eigenvalue weighted by Gasteiger charge is 2.37. The monoisotopic (exact) mass is 323 g/mol. The molecule has 2 aromatic heterocycles. The minimum Gasteiger partial charge on any atom is -0.371 e. The van der Waals surface area contributed by atoms with E-state index >= 15 is 0 Å². The van der Waals surface area contributed by atoms with Gasteiger partial charge in [0.05, 0.1) is 12.2 Å². The van der Waals surface area contributed by atoms with Crippen LogP contribution in [0.3, 0.4) is 0 Å². The molecular weight excluding hydrogens is 302 g/mol. The maximum absolute atomic E-state index is 12.6. The van der Waals surface area contributed by atoms with Crippen LogP contribution in [0.25, 0.3) is 0 Å². The van der Waals surface area contributed by atoms with Crippen molar-refractivity contribution in [2.75, 3.05) is 18.0 Å². The molecule has 24 heavy (non-hydrogen) atoms. The lowest BCUT2D eigenvalue weighted by atomic mass is 10.1. The Hall–Kier alpha value is -2.27. The molecule has 1 aliphatic carbocycles. The number of aromatic nitrogens is 2. The van der Waals surface area contributed by atoms with E-state index in [4.69, 9.17) is 4.74 Å². The Labute approximate surface area is 141 Å². The summed E-state index contributed by atoms with van der Waals surface area (Å²) in [5.41, 5.74) is 1.25. The van der Waals surface area contributed by atoms with E-state index in [0.717, 1.165) is 18.9 Å². The van der Waals surface area contributed by atoms with Gasteiger partial charge in [0.15, 0.2) is 5.78 Å². The van der Waals surface area contributed by atoms with E-state index in [9.17, 15) is 4.79 Å². The zero-order valence-corrected chi connectivity index (χ0v) is 13.8. The van der Waals surface area contributed by atoms with Crippen LogP contribution >= 0.6 is 0 Å². The van der Waals surface area contributed by atoms with Crippen LogP contribution in [0, 0.1) is 5.92 Å². The Kier molecular flexibility index (Phi) is 4.02. The fraction of sp³-hybridized carbons (Fsp3) is 0.421. The van der Waals surface area contributed by atoms with Gasteiger partial charge in [-0.2, -0.15) is 0 Å². The highest BCUT2D eigenvalue weighted by molar-refractivity contribution is 6.09. The molecule has 5 heteroatoms. The molecule has 5 nitrogen and oxygen atoms in total. The van der Waals surface area contributed by atoms with Gasteiger partial charge in [0.1, 0.15) is 5.82 Å². The minimum absolute atomic E-state index is 0.0215. The Bertz CT molecular complexity index is 730. The van der Waals surface area contributed by atoms with Crippen LogP contribution < -0.4 is 4.90 Å². The fourth-order valence-corrected chi connectivity index (χ4v) is 3.30. The van der Waals surface area contributed by atoms with E-state index in [0.29, 0.717) is 17.0 Å². The average Bonchev–Trinajstić information content (AvgIpc) is 3.47. The topological polar surface area (TPSA) is 55.3 Å². The molecule has 2 atom stereocenters. The van der Waals surface area contributed by atoms with Crippen LogP contribution in [0.2, 0.25) is 0 Å². The van der Waals surface area contributed by atoms with Crippen molar-refractivity contribution in [1.29, 1.82) is 0 Å². The zero-order valence-electron chi connectivity index (χ0n) is 13.8. The third-order valence-electron chi connectivity index (χ3n) is 4.69. The van der Waals surface area contributed by atoms with E-state index in [2.05, 4.69) is 21.8 Å². The van der Waals surface area contributed by atoms with Crippen LogP contribution in [-0.4, -0.2) is 41.0 Å². The lowest BCUT2D eigenvalue weighted by Gasteiger charge is -2.37. The Morgan fingerprint density at radius 1 is 1.21 bits per heavy atom. The van der Waals surface area contributed by atoms with E-state index in [1.54, 1.807) is 36.8 Å². The number of hydrogen-bond acceptors (Lipinski definition) is 5. The SMILES string of the molecule is C[C@H]1CN(c2cc(C(=O)c3cccnc3)ccn2)C[C@@H](C2CC2)O1. The second kappa shape index (κ2) is 6.32. The Morgan fingerprint density at radius 3 is 2.83 bits per heavy atom. The van der Waals surface area contributed by atoms with Gasteiger partial charge in [0.2, 0.25) is 0 Å². The summed E-state index contributed by atoms with van der Waals surface area (Å²) in [6, 6.07) is 7.22. The molecule has 0 radical (unpaired) electrons. The first-order valence-electron chi connectivity index (χ1n) is 8.52. The van der Waals surface area contributed by atoms with Gasteiger partial charge in [-0.25, -0.2) is 4.98 Å². The van der Waals surface area contributed by atoms with Crippen molar-refractivity contribution >= 4 is 11.6 Å². The van der Waals surface area contributed by atoms with Gasteiger partial charge in [0, 0.05) is 42.8 Å². The van der Waals surface area contributed by atoms with Crippen molar-refractivity contribution in [3.05, 3.63) is 54.0 Å². The molecule has 0 bridgehead atoms. The molecule has 2 fully saturated rings. The lowest BCUT2D eigenvalue weighted by molar-refractivity contribution is -0.0273. The second-order valence-electron chi connectivity index (χ2n) is 6.70. The first-order chi connectivity index (χ1) is 11.7. The van der Waals surface area contributed by atoms with Crippen molar-refractivity contribution in [3.63, 3.8) is 0 Å². The van der Waals surface area contributed by atoms with Crippen LogP contribution in [-0.2, 0) is 4.74 Å². The van der Waals surface area contributed by atoms with E-state index < -0.39 is 0 Å². The Balaban J connectivity index is 1.57. The standard InChI is InChI=1S/C19H21N3O2/c1-13-11-22(12-17(24-13)14-4-5-14)18-9-15(6-8-21-18)19(23)16-3-2-7-20-10-16/h2-3,6-10,13-14,17H,4-5,11-12H2,1H3/t13-,17-/m0/s1. The lowest BCUT2D eigenvalue weighted by Crippen LogP contribution is -2.47. The van der Waals surface area contributed by atoms with Crippen molar-refractivity contribution in [1.82, 2.24) is 9.97 Å². The van der Waals surface area contributed by atoms with Gasteiger partial charge in [-0.1, -0.05) is 0 Å². The number of ether oxygens (including phenoxy) is 1. The van der Waals surface area contributed by atoms with Crippen LogP contribution in [0.4, 0.5) is 5.82 Å². The predicted octanol–water partition coefficient (Wildman–Crippen LogP) is 2.71. The summed E-state index contributed by atoms with van der Waals surface area (Å²) >= 11 is 0. The molecule has 1 saturated heterocycles. The summed E-state index contributed by atoms with van der Waals surface area (Å²) in [5, 5.41) is 0. The molecule has 0 unspecified atom stereocenters. The van der Waals surface area contributed by atoms with Gasteiger partial charge in [-0.05, 0) is 49.9 Å². The zero-order chi connectivity index (χ0) is 16.5. The maximum Gasteiger partial charge on any atom is 0.194 e. The van der Waals surface area contributed by atoms with Gasteiger partial charge in [0.25, 0.3) is 0 Å². The Morgan fingerprint density at radius 2 is 2.08 bits per heavy atom. The summed E-state index contributed by atoms with van der Waals surface area (Å²) in [4.78, 5) is 23.4. The number of carbonyl (C=O) groups is 1. The third kappa shape index (κ3) is 3.17. The van der Waals surface area contributed by atoms with Crippen LogP contribution in [0.5, 0.6) is 0 Å². The molecular formula is C19H21N3O2. The molecule has 0 amide bonds. The fourth-order valence-electron chi connectivity index (χ4n) is 3.30. The van der Waals surface area contributed by atoms with Crippen molar-refractivity contribution < 1.29 is 9.53 Å². The van der Waals surface area contributed by atoms with E-state index in [-0.39, 0.29) is 18.0 Å². The summed E-state index contributed by atoms with van der Waals surface area (Å²) in [6.07, 6.45) is 7.98. The highest BCUT2D eigenvalue weighted by Crippen LogP contribution is 2.37. The summed E-state index contributed by atoms with van der Waals surface area (Å²) in [7, 11) is 0. The number of rotatable bonds is 4. The number of nitrogens with zero attached hydrogens (tertiary/aromatic N) is 3. The molecule has 1 aliphatic heterocycles. The predicted molar refractivity (Wildman–Crippen MR) is 91.2 cm³/mol. The smallest absolute Gasteiger partial charge is 0.194 e. The molecule has 1 saturated carbocycles. The highest BCUT2D eigenvalue weighted by atomic mass is 16.5. The van der Waals surface area contributed by atoms with E-state index in [1.165, 1.54) is 12.8 Å². The number of carbonyl (C=O) groups excluding carboxylic acids is 1. The molecule has 0 aromatic carbocycles. The summed E-state index contributed by atoms with van der Waals surface area (Å²) < 4.78 is 6.06. The number of hydrogen-bond donors (Lipinski definition) is 0. The molecule has 0 N–H and O–H groups in total. The molecule has 124 valence electrons. The largest absolute Gasteiger partial charge is 0.371 e. The van der Waals surface area contributed by atoms with Crippen molar-refractivity contribution in [2.24, 2.45) is 5.92 Å². The number of ketones is 1. The number of morpholine rings is 1. The quantitative estimate of drug-likeness (QED) is 0.810. The molecule has 0 spiro atoms. The van der Waals surface area contributed by atoms with Gasteiger partial charge < -0.3 is 9.64 Å². The van der Waals surface area contributed by atoms with Gasteiger partial charge in [-0.3, -0.25) is 9.78 Å². The minimum atomic E-state index is -0.0215. The third-order valence-corrected chi connectivity index (χ3v) is 4.69. The number of pyridine rings is 2. The maximum atomic E-state index is 12.6. The van der Waals surface area contributed by atoms with Crippen molar-refractivity contribution in [3.8, 4) is 0 Å². The number of anilines is 1. The van der Waals surface area contributed by atoms with Gasteiger partial charge in [-0.15, -0.1) is 0 Å². The summed E-state index contributed by atoms with van der Waals surface area (Å²) in [6.45, 7) is 3.76. The molecule has 2 aliphatic rings. The first kappa shape index (κ1) is 15.3. The summed E-state index contributed by atoms with van der Waals surface area (Å²) in [5.74, 6) is 1.52. The van der Waals surface area contributed by atoms with E-state index in [1.807, 2.05) is 6.07 Å². The van der Waals surface area contributed by atoms with Crippen LogP contribution in [0.1, 0.15) is 35.7 Å². The van der Waals surface area contributed by atoms with Crippen molar-refractivity contribution in [2.45, 2.75) is 32.0 Å². The molecule has 4 rings (SSSR count). The van der Waals surface area contributed by atoms with Crippen LogP contribution in [0.15, 0.2) is 42.9 Å². The van der Waals surface area contributed by atoms with Gasteiger partial charge >= 0.3 is 0 Å². The normalized spacial score (nSPS) is 24.0. The molecule has 2 aromatic rings. The molecule has 3 heterocycles. The average molecular weight is 323 g/mol.